The van der Waals surface area contributed by atoms with Crippen molar-refractivity contribution in [3.05, 3.63) is 30.1 Å². The van der Waals surface area contributed by atoms with Crippen molar-refractivity contribution < 1.29 is 9.84 Å². The number of hydrogen-bond acceptors (Lipinski definition) is 4. The van der Waals surface area contributed by atoms with E-state index in [1.54, 1.807) is 24.5 Å². The summed E-state index contributed by atoms with van der Waals surface area (Å²) in [7, 11) is 0. The average molecular weight is 292 g/mol. The summed E-state index contributed by atoms with van der Waals surface area (Å²) >= 11 is 0. The minimum atomic E-state index is -0.619. The van der Waals surface area contributed by atoms with Crippen molar-refractivity contribution >= 4 is 5.96 Å². The van der Waals surface area contributed by atoms with Gasteiger partial charge in [0, 0.05) is 32.1 Å². The van der Waals surface area contributed by atoms with Gasteiger partial charge in [-0.3, -0.25) is 9.98 Å². The molecule has 2 unspecified atom stereocenters. The van der Waals surface area contributed by atoms with E-state index in [1.165, 1.54) is 0 Å². The predicted molar refractivity (Wildman–Crippen MR) is 82.2 cm³/mol. The minimum absolute atomic E-state index is 0.263. The van der Waals surface area contributed by atoms with Crippen LogP contribution in [-0.2, 0) is 4.74 Å². The van der Waals surface area contributed by atoms with Crippen LogP contribution in [0.2, 0.25) is 0 Å². The highest BCUT2D eigenvalue weighted by atomic mass is 16.5. The molecule has 0 amide bonds. The molecule has 1 aliphatic heterocycles. The fourth-order valence-electron chi connectivity index (χ4n) is 2.23. The van der Waals surface area contributed by atoms with Gasteiger partial charge < -0.3 is 20.5 Å². The Bertz CT molecular complexity index is 433. The molecule has 6 nitrogen and oxygen atoms in total. The van der Waals surface area contributed by atoms with Crippen molar-refractivity contribution in [1.29, 1.82) is 0 Å². The van der Waals surface area contributed by atoms with Crippen molar-refractivity contribution in [2.24, 2.45) is 4.99 Å². The highest BCUT2D eigenvalue weighted by Crippen LogP contribution is 2.12. The number of nitrogens with zero attached hydrogens (tertiary/aromatic N) is 2. The molecule has 0 saturated carbocycles. The third-order valence-electron chi connectivity index (χ3n) is 3.38. The van der Waals surface area contributed by atoms with Crippen molar-refractivity contribution in [3.8, 4) is 0 Å². The molecular weight excluding hydrogens is 268 g/mol. The monoisotopic (exact) mass is 292 g/mol. The molecule has 1 aromatic rings. The van der Waals surface area contributed by atoms with Gasteiger partial charge in [-0.1, -0.05) is 0 Å². The molecule has 2 heterocycles. The van der Waals surface area contributed by atoms with Crippen molar-refractivity contribution in [2.75, 3.05) is 26.2 Å². The number of aliphatic hydroxyl groups is 1. The van der Waals surface area contributed by atoms with Gasteiger partial charge in [-0.25, -0.2) is 0 Å². The molecule has 0 spiro atoms. The van der Waals surface area contributed by atoms with Crippen LogP contribution >= 0.6 is 0 Å². The Hall–Kier alpha value is -1.66. The van der Waals surface area contributed by atoms with Crippen LogP contribution in [0.3, 0.4) is 0 Å². The first-order chi connectivity index (χ1) is 10.3. The molecule has 1 fully saturated rings. The van der Waals surface area contributed by atoms with Crippen LogP contribution in [-0.4, -0.2) is 48.4 Å². The lowest BCUT2D eigenvalue weighted by atomic mass is 10.1. The number of guanidine groups is 1. The van der Waals surface area contributed by atoms with E-state index in [0.717, 1.165) is 38.1 Å². The molecule has 116 valence electrons. The molecule has 0 aliphatic carbocycles. The zero-order valence-corrected chi connectivity index (χ0v) is 12.5. The molecule has 1 aromatic heterocycles. The number of aliphatic imine (C=N–C) groups is 1. The Labute approximate surface area is 125 Å². The van der Waals surface area contributed by atoms with Gasteiger partial charge in [0.15, 0.2) is 5.96 Å². The molecule has 3 N–H and O–H groups in total. The van der Waals surface area contributed by atoms with Gasteiger partial charge in [-0.2, -0.15) is 0 Å². The number of pyridine rings is 1. The molecular formula is C15H24N4O2. The van der Waals surface area contributed by atoms with Crippen LogP contribution < -0.4 is 10.6 Å². The predicted octanol–water partition coefficient (Wildman–Crippen LogP) is 0.849. The van der Waals surface area contributed by atoms with E-state index in [2.05, 4.69) is 20.6 Å². The largest absolute Gasteiger partial charge is 0.386 e. The smallest absolute Gasteiger partial charge is 0.191 e. The number of ether oxygens (including phenoxy) is 1. The van der Waals surface area contributed by atoms with Gasteiger partial charge in [-0.05, 0) is 37.5 Å². The van der Waals surface area contributed by atoms with E-state index in [4.69, 9.17) is 4.74 Å². The second kappa shape index (κ2) is 8.59. The number of hydrogen-bond donors (Lipinski definition) is 3. The maximum atomic E-state index is 10.1. The number of aromatic nitrogens is 1. The maximum Gasteiger partial charge on any atom is 0.191 e. The first-order valence-corrected chi connectivity index (χ1v) is 7.51. The standard InChI is InChI=1S/C15H24N4O2/c1-2-17-15(18-10-13-4-3-9-21-13)19-11-14(20)12-5-7-16-8-6-12/h5-8,13-14,20H,2-4,9-11H2,1H3,(H2,17,18,19). The lowest BCUT2D eigenvalue weighted by molar-refractivity contribution is 0.113. The van der Waals surface area contributed by atoms with Crippen molar-refractivity contribution in [2.45, 2.75) is 32.0 Å². The van der Waals surface area contributed by atoms with Crippen LogP contribution in [0.5, 0.6) is 0 Å². The summed E-state index contributed by atoms with van der Waals surface area (Å²) < 4.78 is 5.57. The summed E-state index contributed by atoms with van der Waals surface area (Å²) in [5.41, 5.74) is 0.823. The third kappa shape index (κ3) is 5.32. The van der Waals surface area contributed by atoms with Crippen molar-refractivity contribution in [3.63, 3.8) is 0 Å². The fraction of sp³-hybridized carbons (Fsp3) is 0.600. The van der Waals surface area contributed by atoms with Gasteiger partial charge in [0.2, 0.25) is 0 Å². The summed E-state index contributed by atoms with van der Waals surface area (Å²) in [6.45, 7) is 4.70. The number of nitrogens with one attached hydrogen (secondary N) is 2. The number of rotatable bonds is 6. The molecule has 0 aromatic carbocycles. The third-order valence-corrected chi connectivity index (χ3v) is 3.38. The number of aliphatic hydroxyl groups excluding tert-OH is 1. The molecule has 1 saturated heterocycles. The molecule has 2 rings (SSSR count). The van der Waals surface area contributed by atoms with Gasteiger partial charge in [0.05, 0.1) is 18.8 Å². The van der Waals surface area contributed by atoms with Crippen LogP contribution in [0.25, 0.3) is 0 Å². The van der Waals surface area contributed by atoms with Gasteiger partial charge in [-0.15, -0.1) is 0 Å². The van der Waals surface area contributed by atoms with Crippen LogP contribution in [0, 0.1) is 0 Å². The normalized spacial score (nSPS) is 20.3. The topological polar surface area (TPSA) is 78.8 Å². The second-order valence-electron chi connectivity index (χ2n) is 5.03. The SMILES string of the molecule is CCNC(=NCC(O)c1ccncc1)NCC1CCCO1. The summed E-state index contributed by atoms with van der Waals surface area (Å²) in [4.78, 5) is 8.36. The van der Waals surface area contributed by atoms with E-state index in [-0.39, 0.29) is 6.10 Å². The van der Waals surface area contributed by atoms with Crippen LogP contribution in [0.1, 0.15) is 31.4 Å². The minimum Gasteiger partial charge on any atom is -0.386 e. The van der Waals surface area contributed by atoms with E-state index < -0.39 is 6.10 Å². The molecule has 1 aliphatic rings. The van der Waals surface area contributed by atoms with E-state index >= 15 is 0 Å². The molecule has 0 bridgehead atoms. The Balaban J connectivity index is 1.84. The summed E-state index contributed by atoms with van der Waals surface area (Å²) in [5.74, 6) is 0.709. The highest BCUT2D eigenvalue weighted by molar-refractivity contribution is 5.79. The summed E-state index contributed by atoms with van der Waals surface area (Å²) in [5, 5.41) is 16.5. The second-order valence-corrected chi connectivity index (χ2v) is 5.03. The first kappa shape index (κ1) is 15.7. The quantitative estimate of drug-likeness (QED) is 0.535. The zero-order valence-electron chi connectivity index (χ0n) is 12.5. The van der Waals surface area contributed by atoms with Crippen LogP contribution in [0.15, 0.2) is 29.5 Å². The van der Waals surface area contributed by atoms with Crippen LogP contribution in [0.4, 0.5) is 0 Å². The Morgan fingerprint density at radius 2 is 2.29 bits per heavy atom. The molecule has 21 heavy (non-hydrogen) atoms. The molecule has 2 atom stereocenters. The lowest BCUT2D eigenvalue weighted by Crippen LogP contribution is -2.41. The highest BCUT2D eigenvalue weighted by Gasteiger charge is 2.15. The molecule has 0 radical (unpaired) electrons. The summed E-state index contributed by atoms with van der Waals surface area (Å²) in [6.07, 6.45) is 5.20. The average Bonchev–Trinajstić information content (AvgIpc) is 3.04. The Morgan fingerprint density at radius 3 is 2.95 bits per heavy atom. The van der Waals surface area contributed by atoms with E-state index in [9.17, 15) is 5.11 Å². The van der Waals surface area contributed by atoms with Crippen molar-refractivity contribution in [1.82, 2.24) is 15.6 Å². The first-order valence-electron chi connectivity index (χ1n) is 7.51. The van der Waals surface area contributed by atoms with Gasteiger partial charge >= 0.3 is 0 Å². The summed E-state index contributed by atoms with van der Waals surface area (Å²) in [6, 6.07) is 3.60. The maximum absolute atomic E-state index is 10.1. The lowest BCUT2D eigenvalue weighted by Gasteiger charge is -2.15. The van der Waals surface area contributed by atoms with Gasteiger partial charge in [0.25, 0.3) is 0 Å². The zero-order chi connectivity index (χ0) is 14.9. The van der Waals surface area contributed by atoms with E-state index in [1.807, 2.05) is 6.92 Å². The van der Waals surface area contributed by atoms with E-state index in [0.29, 0.717) is 12.5 Å². The molecule has 6 heteroatoms. The fourth-order valence-corrected chi connectivity index (χ4v) is 2.23. The Kier molecular flexibility index (Phi) is 6.43. The van der Waals surface area contributed by atoms with Gasteiger partial charge in [0.1, 0.15) is 0 Å². The Morgan fingerprint density at radius 1 is 1.48 bits per heavy atom.